The third-order valence-electron chi connectivity index (χ3n) is 1.08. The Kier molecular flexibility index (Phi) is 2.95. The highest BCUT2D eigenvalue weighted by Gasteiger charge is 1.84. The van der Waals surface area contributed by atoms with Gasteiger partial charge in [-0.3, -0.25) is 4.98 Å². The Morgan fingerprint density at radius 3 is 2.64 bits per heavy atom. The Balaban J connectivity index is 2.72. The zero-order valence-corrected chi connectivity index (χ0v) is 6.49. The molecule has 0 aliphatic carbocycles. The molecular formula is C7H7NO2S. The van der Waals surface area contributed by atoms with Crippen molar-refractivity contribution in [2.75, 3.05) is 0 Å². The molecule has 0 aliphatic heterocycles. The lowest BCUT2D eigenvalue weighted by atomic mass is 10.3. The van der Waals surface area contributed by atoms with Gasteiger partial charge in [0.15, 0.2) is 11.1 Å². The maximum absolute atomic E-state index is 10.2. The lowest BCUT2D eigenvalue weighted by Gasteiger charge is -1.87. The second kappa shape index (κ2) is 4.00. The molecule has 0 aliphatic rings. The lowest BCUT2D eigenvalue weighted by molar-refractivity contribution is 0.574. The van der Waals surface area contributed by atoms with Crippen LogP contribution in [-0.2, 0) is 11.1 Å². The van der Waals surface area contributed by atoms with Gasteiger partial charge in [-0.25, -0.2) is 4.21 Å². The molecule has 1 aromatic heterocycles. The van der Waals surface area contributed by atoms with Gasteiger partial charge in [-0.2, -0.15) is 0 Å². The van der Waals surface area contributed by atoms with E-state index in [1.54, 1.807) is 30.6 Å². The van der Waals surface area contributed by atoms with E-state index in [-0.39, 0.29) is 0 Å². The van der Waals surface area contributed by atoms with Crippen molar-refractivity contribution in [3.63, 3.8) is 0 Å². The normalized spacial score (nSPS) is 13.5. The molecule has 0 saturated carbocycles. The van der Waals surface area contributed by atoms with Crippen molar-refractivity contribution in [1.29, 1.82) is 0 Å². The van der Waals surface area contributed by atoms with Crippen LogP contribution in [0.5, 0.6) is 0 Å². The van der Waals surface area contributed by atoms with Crippen LogP contribution in [0.1, 0.15) is 5.56 Å². The highest BCUT2D eigenvalue weighted by Crippen LogP contribution is 1.98. The summed E-state index contributed by atoms with van der Waals surface area (Å²) < 4.78 is 18.6. The minimum Gasteiger partial charge on any atom is -0.303 e. The van der Waals surface area contributed by atoms with E-state index >= 15 is 0 Å². The van der Waals surface area contributed by atoms with Crippen molar-refractivity contribution in [2.45, 2.75) is 0 Å². The number of rotatable bonds is 2. The van der Waals surface area contributed by atoms with Gasteiger partial charge in [0.1, 0.15) is 0 Å². The molecule has 1 N–H and O–H groups in total. The molecule has 0 fully saturated rings. The largest absolute Gasteiger partial charge is 0.303 e. The Hall–Kier alpha value is -1.00. The van der Waals surface area contributed by atoms with Crippen molar-refractivity contribution in [3.8, 4) is 0 Å². The lowest BCUT2D eigenvalue weighted by Crippen LogP contribution is -1.77. The van der Waals surface area contributed by atoms with Crippen molar-refractivity contribution in [1.82, 2.24) is 4.98 Å². The van der Waals surface area contributed by atoms with E-state index in [9.17, 15) is 4.21 Å². The van der Waals surface area contributed by atoms with Crippen LogP contribution in [0.25, 0.3) is 6.08 Å². The third kappa shape index (κ3) is 3.06. The first-order valence-corrected chi connectivity index (χ1v) is 4.14. The maximum atomic E-state index is 10.2. The van der Waals surface area contributed by atoms with Crippen LogP contribution >= 0.6 is 0 Å². The molecule has 3 nitrogen and oxygen atoms in total. The standard InChI is InChI=1S/C7H7NO2S/c9-11(10)6-3-7-1-4-8-5-2-7/h1-6H,(H,9,10). The second-order valence-electron chi connectivity index (χ2n) is 1.86. The summed E-state index contributed by atoms with van der Waals surface area (Å²) in [6, 6.07) is 3.51. The summed E-state index contributed by atoms with van der Waals surface area (Å²) >= 11 is -1.87. The second-order valence-corrected chi connectivity index (χ2v) is 2.68. The van der Waals surface area contributed by atoms with Crippen LogP contribution in [0.15, 0.2) is 29.9 Å². The minimum atomic E-state index is -1.87. The van der Waals surface area contributed by atoms with E-state index in [1.165, 1.54) is 5.41 Å². The van der Waals surface area contributed by atoms with E-state index in [4.69, 9.17) is 4.55 Å². The SMILES string of the molecule is O=S(O)C=Cc1ccncc1. The predicted octanol–water partition coefficient (Wildman–Crippen LogP) is 1.27. The van der Waals surface area contributed by atoms with Gasteiger partial charge in [-0.1, -0.05) is 0 Å². The van der Waals surface area contributed by atoms with Crippen LogP contribution < -0.4 is 0 Å². The van der Waals surface area contributed by atoms with Crippen molar-refractivity contribution in [3.05, 3.63) is 35.5 Å². The molecule has 1 atom stereocenters. The molecule has 0 bridgehead atoms. The predicted molar refractivity (Wildman–Crippen MR) is 44.0 cm³/mol. The summed E-state index contributed by atoms with van der Waals surface area (Å²) in [5.41, 5.74) is 0.863. The van der Waals surface area contributed by atoms with E-state index < -0.39 is 11.1 Å². The highest BCUT2D eigenvalue weighted by atomic mass is 32.2. The Labute approximate surface area is 67.1 Å². The highest BCUT2D eigenvalue weighted by molar-refractivity contribution is 7.82. The number of nitrogens with zero attached hydrogens (tertiary/aromatic N) is 1. The van der Waals surface area contributed by atoms with Crippen LogP contribution in [0, 0.1) is 0 Å². The minimum absolute atomic E-state index is 0.863. The smallest absolute Gasteiger partial charge is 0.178 e. The van der Waals surface area contributed by atoms with Crippen molar-refractivity contribution >= 4 is 17.2 Å². The van der Waals surface area contributed by atoms with Gasteiger partial charge in [0.2, 0.25) is 0 Å². The van der Waals surface area contributed by atoms with E-state index in [0.717, 1.165) is 5.56 Å². The zero-order valence-electron chi connectivity index (χ0n) is 5.68. The van der Waals surface area contributed by atoms with Crippen LogP contribution in [0.2, 0.25) is 0 Å². The third-order valence-corrected chi connectivity index (χ3v) is 1.45. The number of hydrogen-bond acceptors (Lipinski definition) is 2. The first-order chi connectivity index (χ1) is 5.29. The van der Waals surface area contributed by atoms with Crippen LogP contribution in [0.3, 0.4) is 0 Å². The van der Waals surface area contributed by atoms with Gasteiger partial charge in [-0.15, -0.1) is 0 Å². The van der Waals surface area contributed by atoms with Gasteiger partial charge >= 0.3 is 0 Å². The van der Waals surface area contributed by atoms with Gasteiger partial charge in [0.25, 0.3) is 0 Å². The van der Waals surface area contributed by atoms with Gasteiger partial charge in [0, 0.05) is 17.8 Å². The summed E-state index contributed by atoms with van der Waals surface area (Å²) in [7, 11) is 0. The quantitative estimate of drug-likeness (QED) is 0.678. The van der Waals surface area contributed by atoms with Crippen molar-refractivity contribution < 1.29 is 8.76 Å². The molecule has 1 unspecified atom stereocenters. The first kappa shape index (κ1) is 8.10. The van der Waals surface area contributed by atoms with Crippen LogP contribution in [-0.4, -0.2) is 13.7 Å². The number of hydrogen-bond donors (Lipinski definition) is 1. The molecular weight excluding hydrogens is 162 g/mol. The zero-order chi connectivity index (χ0) is 8.10. The fourth-order valence-electron chi connectivity index (χ4n) is 0.611. The van der Waals surface area contributed by atoms with Gasteiger partial charge < -0.3 is 4.55 Å². The molecule has 4 heteroatoms. The fourth-order valence-corrected chi connectivity index (χ4v) is 0.885. The molecule has 0 saturated heterocycles. The Morgan fingerprint density at radius 1 is 1.45 bits per heavy atom. The average Bonchev–Trinajstić information content (AvgIpc) is 2.03. The molecule has 0 aromatic carbocycles. The molecule has 11 heavy (non-hydrogen) atoms. The molecule has 0 spiro atoms. The first-order valence-electron chi connectivity index (χ1n) is 2.97. The topological polar surface area (TPSA) is 50.2 Å². The number of pyridine rings is 1. The maximum Gasteiger partial charge on any atom is 0.178 e. The Morgan fingerprint density at radius 2 is 2.09 bits per heavy atom. The average molecular weight is 169 g/mol. The summed E-state index contributed by atoms with van der Waals surface area (Å²) in [4.78, 5) is 3.80. The molecule has 1 aromatic rings. The summed E-state index contributed by atoms with van der Waals surface area (Å²) in [6.07, 6.45) is 4.82. The molecule has 0 radical (unpaired) electrons. The van der Waals surface area contributed by atoms with E-state index in [1.807, 2.05) is 0 Å². The van der Waals surface area contributed by atoms with E-state index in [0.29, 0.717) is 0 Å². The van der Waals surface area contributed by atoms with Crippen molar-refractivity contribution in [2.24, 2.45) is 0 Å². The van der Waals surface area contributed by atoms with Gasteiger partial charge in [-0.05, 0) is 23.8 Å². The Bertz CT molecular complexity index is 271. The molecule has 58 valence electrons. The monoisotopic (exact) mass is 169 g/mol. The molecule has 1 rings (SSSR count). The van der Waals surface area contributed by atoms with Crippen LogP contribution in [0.4, 0.5) is 0 Å². The molecule has 1 heterocycles. The number of aromatic nitrogens is 1. The fraction of sp³-hybridized carbons (Fsp3) is 0. The molecule has 0 amide bonds. The summed E-state index contributed by atoms with van der Waals surface area (Å²) in [6.45, 7) is 0. The summed E-state index contributed by atoms with van der Waals surface area (Å²) in [5, 5.41) is 1.20. The van der Waals surface area contributed by atoms with Gasteiger partial charge in [0.05, 0.1) is 0 Å². The summed E-state index contributed by atoms with van der Waals surface area (Å²) in [5.74, 6) is 0. The van der Waals surface area contributed by atoms with E-state index in [2.05, 4.69) is 4.98 Å².